The van der Waals surface area contributed by atoms with Crippen molar-refractivity contribution in [1.82, 2.24) is 10.2 Å². The molecule has 1 saturated heterocycles. The van der Waals surface area contributed by atoms with Crippen molar-refractivity contribution in [1.29, 1.82) is 0 Å². The van der Waals surface area contributed by atoms with E-state index < -0.39 is 0 Å². The van der Waals surface area contributed by atoms with Crippen molar-refractivity contribution < 1.29 is 14.3 Å². The Balaban J connectivity index is 1.61. The molecule has 5 heteroatoms. The predicted molar refractivity (Wildman–Crippen MR) is 116 cm³/mol. The average Bonchev–Trinajstić information content (AvgIpc) is 2.76. The lowest BCUT2D eigenvalue weighted by Gasteiger charge is -2.35. The fourth-order valence-corrected chi connectivity index (χ4v) is 3.80. The average molecular weight is 397 g/mol. The summed E-state index contributed by atoms with van der Waals surface area (Å²) in [5.74, 6) is 1.52. The SMILES string of the molecule is COc1ccc([C@H](CNC(=O)COc2cccc(C)c2C)N2CCCCC2)cc1. The van der Waals surface area contributed by atoms with Crippen LogP contribution in [0.1, 0.15) is 42.0 Å². The summed E-state index contributed by atoms with van der Waals surface area (Å²) < 4.78 is 11.0. The number of aryl methyl sites for hydroxylation is 1. The highest BCUT2D eigenvalue weighted by atomic mass is 16.5. The number of nitrogens with one attached hydrogen (secondary N) is 1. The van der Waals surface area contributed by atoms with Crippen molar-refractivity contribution in [3.63, 3.8) is 0 Å². The molecule has 156 valence electrons. The first-order valence-electron chi connectivity index (χ1n) is 10.4. The molecule has 1 fully saturated rings. The van der Waals surface area contributed by atoms with Gasteiger partial charge in [-0.05, 0) is 74.7 Å². The van der Waals surface area contributed by atoms with Gasteiger partial charge < -0.3 is 14.8 Å². The monoisotopic (exact) mass is 396 g/mol. The molecule has 0 bridgehead atoms. The quantitative estimate of drug-likeness (QED) is 0.732. The number of rotatable bonds is 8. The van der Waals surface area contributed by atoms with Crippen LogP contribution in [0.3, 0.4) is 0 Å². The number of benzene rings is 2. The van der Waals surface area contributed by atoms with Gasteiger partial charge in [0.05, 0.1) is 13.2 Å². The fourth-order valence-electron chi connectivity index (χ4n) is 3.80. The highest BCUT2D eigenvalue weighted by Gasteiger charge is 2.23. The molecule has 2 aromatic carbocycles. The third-order valence-electron chi connectivity index (χ3n) is 5.74. The van der Waals surface area contributed by atoms with E-state index in [1.54, 1.807) is 7.11 Å². The number of hydrogen-bond donors (Lipinski definition) is 1. The Morgan fingerprint density at radius 1 is 1.07 bits per heavy atom. The lowest BCUT2D eigenvalue weighted by atomic mass is 10.0. The Labute approximate surface area is 174 Å². The normalized spacial score (nSPS) is 15.6. The largest absolute Gasteiger partial charge is 0.497 e. The molecule has 0 saturated carbocycles. The number of likely N-dealkylation sites (tertiary alicyclic amines) is 1. The number of piperidine rings is 1. The molecular formula is C24H32N2O3. The third kappa shape index (κ3) is 5.73. The lowest BCUT2D eigenvalue weighted by molar-refractivity contribution is -0.123. The minimum absolute atomic E-state index is 0.0274. The molecule has 5 nitrogen and oxygen atoms in total. The van der Waals surface area contributed by atoms with Gasteiger partial charge in [-0.2, -0.15) is 0 Å². The van der Waals surface area contributed by atoms with Gasteiger partial charge in [0.15, 0.2) is 6.61 Å². The molecule has 1 aliphatic heterocycles. The molecule has 1 N–H and O–H groups in total. The van der Waals surface area contributed by atoms with Crippen molar-refractivity contribution in [3.8, 4) is 11.5 Å². The van der Waals surface area contributed by atoms with E-state index in [2.05, 4.69) is 22.3 Å². The number of methoxy groups -OCH3 is 1. The minimum atomic E-state index is -0.0959. The first kappa shape index (κ1) is 21.2. The van der Waals surface area contributed by atoms with Gasteiger partial charge in [0.2, 0.25) is 0 Å². The molecule has 1 heterocycles. The fraction of sp³-hybridized carbons (Fsp3) is 0.458. The molecule has 0 unspecified atom stereocenters. The molecule has 0 aromatic heterocycles. The molecular weight excluding hydrogens is 364 g/mol. The van der Waals surface area contributed by atoms with Gasteiger partial charge in [-0.1, -0.05) is 30.7 Å². The molecule has 2 aromatic rings. The van der Waals surface area contributed by atoms with Gasteiger partial charge in [-0.3, -0.25) is 9.69 Å². The van der Waals surface area contributed by atoms with E-state index in [1.165, 1.54) is 24.8 Å². The third-order valence-corrected chi connectivity index (χ3v) is 5.74. The predicted octanol–water partition coefficient (Wildman–Crippen LogP) is 4.03. The second kappa shape index (κ2) is 10.3. The summed E-state index contributed by atoms with van der Waals surface area (Å²) in [6.07, 6.45) is 3.69. The van der Waals surface area contributed by atoms with Crippen LogP contribution in [0.15, 0.2) is 42.5 Å². The number of amides is 1. The van der Waals surface area contributed by atoms with Crippen LogP contribution in [0, 0.1) is 13.8 Å². The van der Waals surface area contributed by atoms with Gasteiger partial charge in [-0.25, -0.2) is 0 Å². The number of carbonyl (C=O) groups excluding carboxylic acids is 1. The summed E-state index contributed by atoms with van der Waals surface area (Å²) in [6, 6.07) is 14.2. The zero-order valence-corrected chi connectivity index (χ0v) is 17.7. The molecule has 0 radical (unpaired) electrons. The minimum Gasteiger partial charge on any atom is -0.497 e. The maximum Gasteiger partial charge on any atom is 0.258 e. The van der Waals surface area contributed by atoms with E-state index in [4.69, 9.17) is 9.47 Å². The van der Waals surface area contributed by atoms with Gasteiger partial charge in [-0.15, -0.1) is 0 Å². The van der Waals surface area contributed by atoms with E-state index in [9.17, 15) is 4.79 Å². The summed E-state index contributed by atoms with van der Waals surface area (Å²) in [6.45, 7) is 6.77. The molecule has 3 rings (SSSR count). The highest BCUT2D eigenvalue weighted by Crippen LogP contribution is 2.26. The second-order valence-corrected chi connectivity index (χ2v) is 7.68. The van der Waals surface area contributed by atoms with Crippen molar-refractivity contribution >= 4 is 5.91 Å². The first-order valence-corrected chi connectivity index (χ1v) is 10.4. The summed E-state index contributed by atoms with van der Waals surface area (Å²) in [7, 11) is 1.67. The summed E-state index contributed by atoms with van der Waals surface area (Å²) in [4.78, 5) is 14.9. The summed E-state index contributed by atoms with van der Waals surface area (Å²) >= 11 is 0. The van der Waals surface area contributed by atoms with Gasteiger partial charge in [0, 0.05) is 6.54 Å². The van der Waals surface area contributed by atoms with Gasteiger partial charge in [0.25, 0.3) is 5.91 Å². The van der Waals surface area contributed by atoms with Crippen molar-refractivity contribution in [2.45, 2.75) is 39.2 Å². The topological polar surface area (TPSA) is 50.8 Å². The molecule has 0 aliphatic carbocycles. The Bertz CT molecular complexity index is 798. The van der Waals surface area contributed by atoms with E-state index in [-0.39, 0.29) is 18.6 Å². The zero-order chi connectivity index (χ0) is 20.6. The van der Waals surface area contributed by atoms with Gasteiger partial charge >= 0.3 is 0 Å². The summed E-state index contributed by atoms with van der Waals surface area (Å²) in [5.41, 5.74) is 3.43. The van der Waals surface area contributed by atoms with E-state index in [0.29, 0.717) is 6.54 Å². The van der Waals surface area contributed by atoms with E-state index in [1.807, 2.05) is 44.2 Å². The molecule has 1 atom stereocenters. The van der Waals surface area contributed by atoms with Crippen LogP contribution in [0.5, 0.6) is 11.5 Å². The van der Waals surface area contributed by atoms with Crippen LogP contribution in [-0.4, -0.2) is 44.2 Å². The smallest absolute Gasteiger partial charge is 0.258 e. The molecule has 1 amide bonds. The number of hydrogen-bond acceptors (Lipinski definition) is 4. The molecule has 29 heavy (non-hydrogen) atoms. The Morgan fingerprint density at radius 2 is 1.79 bits per heavy atom. The Morgan fingerprint density at radius 3 is 2.48 bits per heavy atom. The van der Waals surface area contributed by atoms with Crippen molar-refractivity contribution in [2.24, 2.45) is 0 Å². The second-order valence-electron chi connectivity index (χ2n) is 7.68. The van der Waals surface area contributed by atoms with Crippen molar-refractivity contribution in [2.75, 3.05) is 33.4 Å². The molecule has 1 aliphatic rings. The first-order chi connectivity index (χ1) is 14.1. The number of nitrogens with zero attached hydrogens (tertiary/aromatic N) is 1. The van der Waals surface area contributed by atoms with Crippen LogP contribution in [0.2, 0.25) is 0 Å². The Hall–Kier alpha value is -2.53. The molecule has 0 spiro atoms. The number of ether oxygens (including phenoxy) is 2. The van der Waals surface area contributed by atoms with Crippen LogP contribution >= 0.6 is 0 Å². The summed E-state index contributed by atoms with van der Waals surface area (Å²) in [5, 5.41) is 3.07. The van der Waals surface area contributed by atoms with Crippen LogP contribution in [-0.2, 0) is 4.79 Å². The maximum absolute atomic E-state index is 12.5. The van der Waals surface area contributed by atoms with E-state index >= 15 is 0 Å². The van der Waals surface area contributed by atoms with Crippen LogP contribution in [0.4, 0.5) is 0 Å². The zero-order valence-electron chi connectivity index (χ0n) is 17.7. The van der Waals surface area contributed by atoms with Crippen molar-refractivity contribution in [3.05, 3.63) is 59.2 Å². The standard InChI is InChI=1S/C24H32N2O3/c1-18-8-7-9-23(19(18)2)29-17-24(27)25-16-22(26-14-5-4-6-15-26)20-10-12-21(28-3)13-11-20/h7-13,22H,4-6,14-17H2,1-3H3,(H,25,27)/t22-/m0/s1. The number of carbonyl (C=O) groups is 1. The lowest BCUT2D eigenvalue weighted by Crippen LogP contribution is -2.41. The van der Waals surface area contributed by atoms with Crippen LogP contribution in [0.25, 0.3) is 0 Å². The van der Waals surface area contributed by atoms with Crippen LogP contribution < -0.4 is 14.8 Å². The van der Waals surface area contributed by atoms with Gasteiger partial charge in [0.1, 0.15) is 11.5 Å². The van der Waals surface area contributed by atoms with E-state index in [0.717, 1.165) is 35.7 Å². The highest BCUT2D eigenvalue weighted by molar-refractivity contribution is 5.77. The maximum atomic E-state index is 12.5. The Kier molecular flexibility index (Phi) is 7.53.